The highest BCUT2D eigenvalue weighted by molar-refractivity contribution is 8.27. The number of rotatable bonds is 5. The Hall–Kier alpha value is -4.49. The molecule has 6 nitrogen and oxygen atoms in total. The minimum absolute atomic E-state index is 0.0147. The number of aryl methyl sites for hydroxylation is 1. The number of amides is 1. The molecule has 1 N–H and O–H groups in total. The molecule has 2 aliphatic heterocycles. The zero-order valence-electron chi connectivity index (χ0n) is 20.0. The molecule has 0 aromatic heterocycles. The van der Waals surface area contributed by atoms with Crippen LogP contribution in [-0.4, -0.2) is 27.0 Å². The van der Waals surface area contributed by atoms with Crippen LogP contribution >= 0.6 is 11.8 Å². The van der Waals surface area contributed by atoms with Crippen molar-refractivity contribution in [3.05, 3.63) is 119 Å². The first-order chi connectivity index (χ1) is 18.0. The summed E-state index contributed by atoms with van der Waals surface area (Å²) < 4.78 is 6.02. The quantitative estimate of drug-likeness (QED) is 0.321. The normalized spacial score (nSPS) is 16.1. The predicted octanol–water partition coefficient (Wildman–Crippen LogP) is 6.39. The lowest BCUT2D eigenvalue weighted by Gasteiger charge is -2.20. The van der Waals surface area contributed by atoms with Crippen LogP contribution < -0.4 is 4.74 Å². The van der Waals surface area contributed by atoms with Gasteiger partial charge in [-0.3, -0.25) is 10.2 Å². The number of carbonyl (C=O) groups is 1. The molecule has 0 saturated heterocycles. The molecule has 4 aromatic carbocycles. The minimum atomic E-state index is -0.444. The van der Waals surface area contributed by atoms with Crippen molar-refractivity contribution in [3.8, 4) is 5.75 Å². The summed E-state index contributed by atoms with van der Waals surface area (Å²) in [4.78, 5) is 16.9. The summed E-state index contributed by atoms with van der Waals surface area (Å²) in [7, 11) is 0. The van der Waals surface area contributed by atoms with E-state index < -0.39 is 5.91 Å². The maximum Gasteiger partial charge on any atom is 0.283 e. The highest BCUT2D eigenvalue weighted by Gasteiger charge is 2.36. The van der Waals surface area contributed by atoms with Crippen LogP contribution in [0.4, 0.5) is 0 Å². The summed E-state index contributed by atoms with van der Waals surface area (Å²) in [6, 6.07) is 29.9. The number of amidine groups is 2. The zero-order chi connectivity index (χ0) is 25.4. The van der Waals surface area contributed by atoms with Gasteiger partial charge in [-0.25, -0.2) is 0 Å². The summed E-state index contributed by atoms with van der Waals surface area (Å²) in [6.07, 6.45) is 1.67. The van der Waals surface area contributed by atoms with E-state index in [4.69, 9.17) is 10.1 Å². The number of thioether (sulfide) groups is 1. The van der Waals surface area contributed by atoms with Crippen molar-refractivity contribution in [1.29, 1.82) is 5.41 Å². The van der Waals surface area contributed by atoms with Gasteiger partial charge in [0.05, 0.1) is 5.57 Å². The molecular formula is C30H22N4O2S. The Balaban J connectivity index is 1.18. The highest BCUT2D eigenvalue weighted by Crippen LogP contribution is 2.31. The molecule has 1 amide bonds. The Morgan fingerprint density at radius 3 is 2.51 bits per heavy atom. The van der Waals surface area contributed by atoms with E-state index in [0.717, 1.165) is 28.0 Å². The fraction of sp³-hybridized carbons (Fsp3) is 0.0667. The van der Waals surface area contributed by atoms with E-state index in [1.165, 1.54) is 27.5 Å². The second kappa shape index (κ2) is 9.52. The third-order valence-electron chi connectivity index (χ3n) is 6.22. The third kappa shape index (κ3) is 4.57. The number of fused-ring (bicyclic) bond motifs is 2. The van der Waals surface area contributed by atoms with E-state index in [9.17, 15) is 4.79 Å². The summed E-state index contributed by atoms with van der Waals surface area (Å²) in [6.45, 7) is 2.48. The molecule has 4 aromatic rings. The van der Waals surface area contributed by atoms with E-state index in [-0.39, 0.29) is 11.4 Å². The Bertz CT molecular complexity index is 1630. The van der Waals surface area contributed by atoms with Crippen LogP contribution in [0, 0.1) is 12.3 Å². The lowest BCUT2D eigenvalue weighted by Crippen LogP contribution is -2.35. The zero-order valence-corrected chi connectivity index (χ0v) is 20.8. The molecule has 7 heteroatoms. The van der Waals surface area contributed by atoms with E-state index >= 15 is 0 Å². The molecule has 180 valence electrons. The van der Waals surface area contributed by atoms with E-state index in [0.29, 0.717) is 16.8 Å². The fourth-order valence-electron chi connectivity index (χ4n) is 4.21. The first-order valence-corrected chi connectivity index (χ1v) is 12.6. The standard InChI is InChI=1S/C30H22N4O2S/c1-19-9-13-22(14-10-19)29-33-34-27(31)26(28(35)32-30(34)37-29)17-20-11-15-24(16-12-20)36-18-23-7-4-6-21-5-2-3-8-25(21)23/h2-17,31H,18H2,1H3/b26-17+,31-27?. The van der Waals surface area contributed by atoms with Crippen molar-refractivity contribution < 1.29 is 9.53 Å². The van der Waals surface area contributed by atoms with Gasteiger partial charge in [0.1, 0.15) is 17.4 Å². The average molecular weight is 503 g/mol. The third-order valence-corrected chi connectivity index (χ3v) is 7.18. The number of hydrogen-bond acceptors (Lipinski definition) is 5. The number of nitrogens with zero attached hydrogens (tertiary/aromatic N) is 3. The molecule has 0 fully saturated rings. The van der Waals surface area contributed by atoms with Crippen LogP contribution in [0.25, 0.3) is 16.8 Å². The van der Waals surface area contributed by atoms with E-state index in [1.807, 2.05) is 73.7 Å². The molecule has 2 heterocycles. The smallest absolute Gasteiger partial charge is 0.283 e. The minimum Gasteiger partial charge on any atom is -0.489 e. The summed E-state index contributed by atoms with van der Waals surface area (Å²) in [5.74, 6) is 0.296. The molecule has 0 radical (unpaired) electrons. The number of benzene rings is 4. The summed E-state index contributed by atoms with van der Waals surface area (Å²) in [5, 5.41) is 18.1. The Labute approximate surface area is 218 Å². The number of hydrogen-bond donors (Lipinski definition) is 1. The number of nitrogens with one attached hydrogen (secondary N) is 1. The average Bonchev–Trinajstić information content (AvgIpc) is 3.35. The fourth-order valence-corrected chi connectivity index (χ4v) is 5.11. The maximum absolute atomic E-state index is 12.8. The van der Waals surface area contributed by atoms with E-state index in [2.05, 4.69) is 34.4 Å². The van der Waals surface area contributed by atoms with Crippen molar-refractivity contribution in [2.75, 3.05) is 0 Å². The van der Waals surface area contributed by atoms with Gasteiger partial charge in [0.2, 0.25) is 5.17 Å². The largest absolute Gasteiger partial charge is 0.489 e. The van der Waals surface area contributed by atoms with Gasteiger partial charge in [0.15, 0.2) is 5.84 Å². The monoisotopic (exact) mass is 502 g/mol. The van der Waals surface area contributed by atoms with Gasteiger partial charge in [-0.2, -0.15) is 15.1 Å². The summed E-state index contributed by atoms with van der Waals surface area (Å²) >= 11 is 1.30. The number of carbonyl (C=O) groups excluding carboxylic acids is 1. The Morgan fingerprint density at radius 1 is 0.946 bits per heavy atom. The number of aliphatic imine (C=N–C) groups is 1. The van der Waals surface area contributed by atoms with Crippen molar-refractivity contribution in [2.24, 2.45) is 10.1 Å². The molecule has 0 bridgehead atoms. The van der Waals surface area contributed by atoms with Crippen LogP contribution in [0.1, 0.15) is 22.3 Å². The van der Waals surface area contributed by atoms with E-state index in [1.54, 1.807) is 6.08 Å². The van der Waals surface area contributed by atoms with Crippen LogP contribution in [-0.2, 0) is 11.4 Å². The van der Waals surface area contributed by atoms with Gasteiger partial charge in [-0.05, 0) is 58.8 Å². The van der Waals surface area contributed by atoms with Gasteiger partial charge >= 0.3 is 0 Å². The molecule has 2 aliphatic rings. The van der Waals surface area contributed by atoms with Crippen molar-refractivity contribution in [1.82, 2.24) is 5.01 Å². The van der Waals surface area contributed by atoms with Crippen LogP contribution in [0.15, 0.2) is 107 Å². The molecule has 0 spiro atoms. The van der Waals surface area contributed by atoms with Crippen molar-refractivity contribution in [3.63, 3.8) is 0 Å². The van der Waals surface area contributed by atoms with Gasteiger partial charge in [0, 0.05) is 5.56 Å². The lowest BCUT2D eigenvalue weighted by atomic mass is 10.1. The Morgan fingerprint density at radius 2 is 1.70 bits per heavy atom. The highest BCUT2D eigenvalue weighted by atomic mass is 32.2. The molecule has 0 atom stereocenters. The van der Waals surface area contributed by atoms with Crippen LogP contribution in [0.5, 0.6) is 5.75 Å². The molecule has 37 heavy (non-hydrogen) atoms. The molecule has 0 unspecified atom stereocenters. The topological polar surface area (TPSA) is 78.1 Å². The van der Waals surface area contributed by atoms with Crippen LogP contribution in [0.3, 0.4) is 0 Å². The summed E-state index contributed by atoms with van der Waals surface area (Å²) in [5.41, 5.74) is 4.17. The molecule has 0 aliphatic carbocycles. The molecule has 0 saturated carbocycles. The van der Waals surface area contributed by atoms with Gasteiger partial charge < -0.3 is 4.74 Å². The van der Waals surface area contributed by atoms with Gasteiger partial charge in [-0.1, -0.05) is 84.4 Å². The maximum atomic E-state index is 12.8. The predicted molar refractivity (Wildman–Crippen MR) is 150 cm³/mol. The molecule has 6 rings (SSSR count). The molecular weight excluding hydrogens is 480 g/mol. The second-order valence-corrected chi connectivity index (χ2v) is 9.74. The van der Waals surface area contributed by atoms with Gasteiger partial charge in [-0.15, -0.1) is 0 Å². The first-order valence-electron chi connectivity index (χ1n) is 11.8. The van der Waals surface area contributed by atoms with Gasteiger partial charge in [0.25, 0.3) is 5.91 Å². The number of ether oxygens (including phenoxy) is 1. The van der Waals surface area contributed by atoms with Crippen molar-refractivity contribution >= 4 is 50.6 Å². The second-order valence-electron chi connectivity index (χ2n) is 8.79. The van der Waals surface area contributed by atoms with Crippen LogP contribution in [0.2, 0.25) is 0 Å². The first kappa shape index (κ1) is 22.9. The number of hydrazone groups is 1. The lowest BCUT2D eigenvalue weighted by molar-refractivity contribution is -0.114. The van der Waals surface area contributed by atoms with Crippen molar-refractivity contribution in [2.45, 2.75) is 13.5 Å². The SMILES string of the molecule is Cc1ccc(C2=NN3C(=N)/C(=C\c4ccc(OCc5cccc6ccccc56)cc4)C(=O)N=C3S2)cc1. The Kier molecular flexibility index (Phi) is 5.90.